The van der Waals surface area contributed by atoms with E-state index >= 15 is 0 Å². The molecule has 4 nitrogen and oxygen atoms in total. The number of rotatable bonds is 14. The summed E-state index contributed by atoms with van der Waals surface area (Å²) in [6.45, 7) is 42.5. The molecule has 2 heterocycles. The minimum absolute atomic E-state index is 0.0982. The van der Waals surface area contributed by atoms with Crippen molar-refractivity contribution in [3.05, 3.63) is 142 Å². The Morgan fingerprint density at radius 2 is 0.433 bits per heavy atom. The van der Waals surface area contributed by atoms with E-state index in [2.05, 4.69) is 242 Å². The molecule has 0 N–H and O–H groups in total. The van der Waals surface area contributed by atoms with Crippen LogP contribution in [0.2, 0.25) is 0 Å². The van der Waals surface area contributed by atoms with Crippen LogP contribution in [0.5, 0.6) is 0 Å². The molecule has 0 saturated heterocycles. The molecule has 316 valence electrons. The Balaban J connectivity index is 1.65. The van der Waals surface area contributed by atoms with Crippen molar-refractivity contribution in [1.82, 2.24) is 0 Å². The van der Waals surface area contributed by atoms with Gasteiger partial charge in [-0.05, 0) is 0 Å². The normalized spacial score (nSPS) is 15.1. The molecule has 0 aromatic heterocycles. The fourth-order valence-electron chi connectivity index (χ4n) is 9.54. The van der Waals surface area contributed by atoms with Crippen LogP contribution >= 0.6 is 0 Å². The van der Waals surface area contributed by atoms with Crippen molar-refractivity contribution in [2.24, 2.45) is 0 Å². The summed E-state index contributed by atoms with van der Waals surface area (Å²) in [6.07, 6.45) is 9.45. The van der Waals surface area contributed by atoms with E-state index in [0.717, 1.165) is 0 Å². The van der Waals surface area contributed by atoms with Crippen LogP contribution in [-0.2, 0) is 0 Å². The SMILES string of the molecule is CC(C)c1cccc(C(C)C)c1N1C=CN(c2c(C(C)C)cccc2C(C)C)C1/B=B/C1N(c2c(C(C)C)cccc2C(C)C)C=CN1c1c(C(C)C)cccc1C(C)C. The van der Waals surface area contributed by atoms with Crippen LogP contribution in [0.25, 0.3) is 0 Å². The van der Waals surface area contributed by atoms with Crippen LogP contribution in [0.4, 0.5) is 22.7 Å². The van der Waals surface area contributed by atoms with Crippen LogP contribution in [0.15, 0.2) is 97.6 Å². The standard InChI is InChI=1S/C54H74B2N4/c1-33(2)41-21-17-22-42(34(3)4)49(41)57-29-30-58(50-43(35(5)6)23-18-24-44(50)36(7)8)53(57)55-56-54-59(51-45(37(9)10)25-19-26-46(51)38(11)12)31-32-60(54)52-47(39(13)14)27-20-28-48(52)40(15)16/h17-40,53-54H,1-16H3. The number of nitrogens with zero attached hydrogens (tertiary/aromatic N) is 4. The second-order valence-corrected chi connectivity index (χ2v) is 19.8. The molecular weight excluding hydrogens is 726 g/mol. The van der Waals surface area contributed by atoms with Gasteiger partial charge in [0.15, 0.2) is 0 Å². The number of anilines is 4. The van der Waals surface area contributed by atoms with Gasteiger partial charge in [-0.25, -0.2) is 0 Å². The molecule has 2 aliphatic heterocycles. The molecule has 0 fully saturated rings. The van der Waals surface area contributed by atoms with E-state index in [1.807, 2.05) is 0 Å². The summed E-state index contributed by atoms with van der Waals surface area (Å²) >= 11 is 0. The summed E-state index contributed by atoms with van der Waals surface area (Å²) < 4.78 is 0. The Labute approximate surface area is 366 Å². The van der Waals surface area contributed by atoms with Crippen molar-refractivity contribution >= 4 is 36.4 Å². The van der Waals surface area contributed by atoms with Crippen LogP contribution < -0.4 is 19.6 Å². The molecule has 4 aromatic carbocycles. The van der Waals surface area contributed by atoms with Crippen molar-refractivity contribution in [2.45, 2.75) is 170 Å². The molecule has 6 rings (SSSR count). The van der Waals surface area contributed by atoms with Gasteiger partial charge in [-0.1, -0.05) is 0 Å². The number of benzene rings is 4. The summed E-state index contributed by atoms with van der Waals surface area (Å²) in [5.74, 6) is 2.96. The van der Waals surface area contributed by atoms with Gasteiger partial charge in [0.2, 0.25) is 0 Å². The van der Waals surface area contributed by atoms with E-state index in [1.54, 1.807) is 0 Å². The van der Waals surface area contributed by atoms with Crippen molar-refractivity contribution in [1.29, 1.82) is 0 Å². The van der Waals surface area contributed by atoms with E-state index in [4.69, 9.17) is 0 Å². The Morgan fingerprint density at radius 3 is 0.567 bits per heavy atom. The van der Waals surface area contributed by atoms with Crippen LogP contribution in [0.1, 0.15) is 203 Å². The summed E-state index contributed by atoms with van der Waals surface area (Å²) in [6, 6.07) is 27.6. The Kier molecular flexibility index (Phi) is 14.1. The van der Waals surface area contributed by atoms with Gasteiger partial charge in [0.1, 0.15) is 0 Å². The van der Waals surface area contributed by atoms with Crippen molar-refractivity contribution in [2.75, 3.05) is 19.6 Å². The molecule has 0 unspecified atom stereocenters. The fourth-order valence-corrected chi connectivity index (χ4v) is 9.54. The van der Waals surface area contributed by atoms with E-state index in [0.29, 0.717) is 47.3 Å². The Hall–Kier alpha value is -4.31. The van der Waals surface area contributed by atoms with E-state index in [-0.39, 0.29) is 12.1 Å². The van der Waals surface area contributed by atoms with E-state index < -0.39 is 0 Å². The van der Waals surface area contributed by atoms with E-state index in [9.17, 15) is 0 Å². The van der Waals surface area contributed by atoms with Gasteiger partial charge < -0.3 is 0 Å². The summed E-state index contributed by atoms with van der Waals surface area (Å²) in [5.41, 5.74) is 16.4. The van der Waals surface area contributed by atoms with Crippen molar-refractivity contribution in [3.8, 4) is 0 Å². The van der Waals surface area contributed by atoms with Crippen molar-refractivity contribution in [3.63, 3.8) is 0 Å². The van der Waals surface area contributed by atoms with Crippen molar-refractivity contribution < 1.29 is 0 Å². The van der Waals surface area contributed by atoms with Gasteiger partial charge >= 0.3 is 368 Å². The van der Waals surface area contributed by atoms with Gasteiger partial charge in [0, 0.05) is 0 Å². The second kappa shape index (κ2) is 18.8. The Bertz CT molecular complexity index is 1800. The molecule has 0 atom stereocenters. The second-order valence-electron chi connectivity index (χ2n) is 19.8. The van der Waals surface area contributed by atoms with Crippen LogP contribution in [0.3, 0.4) is 0 Å². The maximum absolute atomic E-state index is 2.59. The predicted molar refractivity (Wildman–Crippen MR) is 266 cm³/mol. The topological polar surface area (TPSA) is 13.0 Å². The van der Waals surface area contributed by atoms with Gasteiger partial charge in [-0.2, -0.15) is 0 Å². The number of para-hydroxylation sites is 4. The Morgan fingerprint density at radius 1 is 0.283 bits per heavy atom. The molecule has 0 radical (unpaired) electrons. The third-order valence-corrected chi connectivity index (χ3v) is 12.8. The minimum atomic E-state index is -0.0982. The van der Waals surface area contributed by atoms with Crippen LogP contribution in [0, 0.1) is 0 Å². The first-order chi connectivity index (χ1) is 28.5. The molecule has 0 saturated carbocycles. The zero-order valence-corrected chi connectivity index (χ0v) is 40.0. The summed E-state index contributed by atoms with van der Waals surface area (Å²) in [5, 5.41) is 0. The summed E-state index contributed by atoms with van der Waals surface area (Å²) in [7, 11) is 0. The third kappa shape index (κ3) is 8.73. The van der Waals surface area contributed by atoms with Gasteiger partial charge in [0.25, 0.3) is 0 Å². The van der Waals surface area contributed by atoms with E-state index in [1.165, 1.54) is 67.3 Å². The zero-order chi connectivity index (χ0) is 43.7. The zero-order valence-electron chi connectivity index (χ0n) is 40.0. The average molecular weight is 801 g/mol. The van der Waals surface area contributed by atoms with Gasteiger partial charge in [0.05, 0.1) is 0 Å². The molecular formula is C54H74B2N4. The number of hydrogen-bond donors (Lipinski definition) is 0. The molecule has 4 aromatic rings. The van der Waals surface area contributed by atoms with Gasteiger partial charge in [-0.15, -0.1) is 0 Å². The first-order valence-electron chi connectivity index (χ1n) is 23.1. The molecule has 60 heavy (non-hydrogen) atoms. The average Bonchev–Trinajstić information content (AvgIpc) is 3.82. The maximum atomic E-state index is 2.59. The third-order valence-electron chi connectivity index (χ3n) is 12.8. The first-order valence-corrected chi connectivity index (χ1v) is 23.1. The first kappa shape index (κ1) is 45.2. The molecule has 0 spiro atoms. The molecule has 0 amide bonds. The molecule has 2 aliphatic rings. The fraction of sp³-hybridized carbons (Fsp3) is 0.481. The monoisotopic (exact) mass is 801 g/mol. The quantitative estimate of drug-likeness (QED) is 0.118. The van der Waals surface area contributed by atoms with Crippen LogP contribution in [-0.4, -0.2) is 25.7 Å². The van der Waals surface area contributed by atoms with Gasteiger partial charge in [-0.3, -0.25) is 0 Å². The predicted octanol–water partition coefficient (Wildman–Crippen LogP) is 14.9. The number of hydrogen-bond acceptors (Lipinski definition) is 4. The summed E-state index contributed by atoms with van der Waals surface area (Å²) in [4.78, 5) is 10.3. The molecule has 0 aliphatic carbocycles. The molecule has 6 heteroatoms. The molecule has 0 bridgehead atoms.